The minimum atomic E-state index is 0.0880. The number of hydrogen-bond donors (Lipinski definition) is 0. The van der Waals surface area contributed by atoms with E-state index < -0.39 is 0 Å². The molecule has 0 aliphatic carbocycles. The first kappa shape index (κ1) is 15.4. The zero-order chi connectivity index (χ0) is 16.9. The summed E-state index contributed by atoms with van der Waals surface area (Å²) in [5, 5.41) is 2.42. The number of nitrogens with zero attached hydrogens (tertiary/aromatic N) is 2. The molecule has 0 saturated heterocycles. The van der Waals surface area contributed by atoms with Crippen molar-refractivity contribution in [3.05, 3.63) is 70.8 Å². The van der Waals surface area contributed by atoms with Crippen LogP contribution in [0.15, 0.2) is 65.3 Å². The van der Waals surface area contributed by atoms with E-state index in [2.05, 4.69) is 94.8 Å². The lowest BCUT2D eigenvalue weighted by molar-refractivity contribution is 0.589. The lowest BCUT2D eigenvalue weighted by Crippen LogP contribution is -2.12. The van der Waals surface area contributed by atoms with Gasteiger partial charge in [-0.05, 0) is 47.4 Å². The highest BCUT2D eigenvalue weighted by Crippen LogP contribution is 2.34. The molecule has 0 amide bonds. The van der Waals surface area contributed by atoms with Crippen molar-refractivity contribution in [2.24, 2.45) is 0 Å². The molecule has 0 atom stereocenters. The molecule has 0 radical (unpaired) electrons. The van der Waals surface area contributed by atoms with Crippen molar-refractivity contribution in [1.29, 1.82) is 0 Å². The third-order valence-corrected chi connectivity index (χ3v) is 4.90. The second-order valence-corrected chi connectivity index (χ2v) is 8.09. The summed E-state index contributed by atoms with van der Waals surface area (Å²) in [5.74, 6) is 0. The minimum Gasteiger partial charge on any atom is -0.294 e. The van der Waals surface area contributed by atoms with Gasteiger partial charge in [-0.15, -0.1) is 0 Å². The quantitative estimate of drug-likeness (QED) is 0.383. The first-order chi connectivity index (χ1) is 11.4. The zero-order valence-electron chi connectivity index (χ0n) is 14.0. The first-order valence-electron chi connectivity index (χ1n) is 8.11. The SMILES string of the molecule is CC(C)(C)c1cc(Br)cc(-n2c3ccccc3c3cccnc32)c1. The van der Waals surface area contributed by atoms with Crippen LogP contribution in [-0.2, 0) is 5.41 Å². The van der Waals surface area contributed by atoms with Gasteiger partial charge in [-0.2, -0.15) is 0 Å². The van der Waals surface area contributed by atoms with Crippen molar-refractivity contribution in [2.45, 2.75) is 26.2 Å². The third-order valence-electron chi connectivity index (χ3n) is 4.44. The minimum absolute atomic E-state index is 0.0880. The molecule has 4 rings (SSSR count). The molecule has 0 saturated carbocycles. The number of halogens is 1. The summed E-state index contributed by atoms with van der Waals surface area (Å²) in [6, 6.07) is 19.3. The molecule has 120 valence electrons. The molecule has 0 aliphatic heterocycles. The lowest BCUT2D eigenvalue weighted by atomic mass is 9.87. The van der Waals surface area contributed by atoms with Gasteiger partial charge in [0.25, 0.3) is 0 Å². The molecular formula is C21H19BrN2. The molecule has 0 unspecified atom stereocenters. The standard InChI is InChI=1S/C21H19BrN2/c1-21(2,3)14-11-15(22)13-16(12-14)24-19-9-5-4-7-17(19)18-8-6-10-23-20(18)24/h4-13H,1-3H3. The van der Waals surface area contributed by atoms with Crippen LogP contribution in [0, 0.1) is 0 Å². The Morgan fingerprint density at radius 3 is 2.46 bits per heavy atom. The topological polar surface area (TPSA) is 17.8 Å². The monoisotopic (exact) mass is 378 g/mol. The smallest absolute Gasteiger partial charge is 0.145 e. The van der Waals surface area contributed by atoms with Crippen molar-refractivity contribution in [2.75, 3.05) is 0 Å². The van der Waals surface area contributed by atoms with E-state index in [4.69, 9.17) is 0 Å². The van der Waals surface area contributed by atoms with Crippen molar-refractivity contribution >= 4 is 37.9 Å². The summed E-state index contributed by atoms with van der Waals surface area (Å²) < 4.78 is 3.34. The average Bonchev–Trinajstić information content (AvgIpc) is 2.88. The van der Waals surface area contributed by atoms with E-state index >= 15 is 0 Å². The van der Waals surface area contributed by atoms with Crippen LogP contribution >= 0.6 is 15.9 Å². The highest BCUT2D eigenvalue weighted by atomic mass is 79.9. The Morgan fingerprint density at radius 2 is 1.67 bits per heavy atom. The molecule has 0 fully saturated rings. The number of rotatable bonds is 1. The predicted octanol–water partition coefficient (Wildman–Crippen LogP) is 6.24. The van der Waals surface area contributed by atoms with Crippen LogP contribution in [0.4, 0.5) is 0 Å². The van der Waals surface area contributed by atoms with Crippen LogP contribution in [0.25, 0.3) is 27.6 Å². The molecule has 2 aromatic carbocycles. The van der Waals surface area contributed by atoms with E-state index in [1.807, 2.05) is 12.3 Å². The van der Waals surface area contributed by atoms with Gasteiger partial charge in [0.2, 0.25) is 0 Å². The molecule has 2 heterocycles. The number of benzene rings is 2. The van der Waals surface area contributed by atoms with E-state index in [0.717, 1.165) is 15.8 Å². The Labute approximate surface area is 150 Å². The number of pyridine rings is 1. The van der Waals surface area contributed by atoms with Crippen LogP contribution in [0.2, 0.25) is 0 Å². The van der Waals surface area contributed by atoms with Crippen molar-refractivity contribution in [3.63, 3.8) is 0 Å². The Bertz CT molecular complexity index is 1000. The van der Waals surface area contributed by atoms with Crippen LogP contribution in [-0.4, -0.2) is 9.55 Å². The predicted molar refractivity (Wildman–Crippen MR) is 105 cm³/mol. The maximum absolute atomic E-state index is 4.66. The Morgan fingerprint density at radius 1 is 0.917 bits per heavy atom. The van der Waals surface area contributed by atoms with Crippen LogP contribution < -0.4 is 0 Å². The molecule has 24 heavy (non-hydrogen) atoms. The van der Waals surface area contributed by atoms with Crippen molar-refractivity contribution in [3.8, 4) is 5.69 Å². The number of hydrogen-bond acceptors (Lipinski definition) is 1. The summed E-state index contributed by atoms with van der Waals surface area (Å²) >= 11 is 3.69. The second kappa shape index (κ2) is 5.45. The van der Waals surface area contributed by atoms with Crippen molar-refractivity contribution < 1.29 is 0 Å². The molecule has 0 spiro atoms. The summed E-state index contributed by atoms with van der Waals surface area (Å²) in [6.07, 6.45) is 1.86. The Kier molecular flexibility index (Phi) is 3.50. The molecule has 2 nitrogen and oxygen atoms in total. The van der Waals surface area contributed by atoms with Crippen LogP contribution in [0.5, 0.6) is 0 Å². The third kappa shape index (κ3) is 2.44. The van der Waals surface area contributed by atoms with E-state index in [0.29, 0.717) is 0 Å². The van der Waals surface area contributed by atoms with Crippen LogP contribution in [0.3, 0.4) is 0 Å². The Hall–Kier alpha value is -2.13. The number of fused-ring (bicyclic) bond motifs is 3. The van der Waals surface area contributed by atoms with E-state index in [1.54, 1.807) is 0 Å². The second-order valence-electron chi connectivity index (χ2n) is 7.18. The fourth-order valence-electron chi connectivity index (χ4n) is 3.19. The van der Waals surface area contributed by atoms with Gasteiger partial charge < -0.3 is 0 Å². The fraction of sp³-hybridized carbons (Fsp3) is 0.190. The number of para-hydroxylation sites is 1. The highest BCUT2D eigenvalue weighted by Gasteiger charge is 2.18. The highest BCUT2D eigenvalue weighted by molar-refractivity contribution is 9.10. The van der Waals surface area contributed by atoms with Gasteiger partial charge in [-0.3, -0.25) is 4.57 Å². The van der Waals surface area contributed by atoms with Gasteiger partial charge in [0.05, 0.1) is 5.52 Å². The van der Waals surface area contributed by atoms with Gasteiger partial charge in [-0.25, -0.2) is 4.98 Å². The number of aromatic nitrogens is 2. The molecule has 4 aromatic rings. The van der Waals surface area contributed by atoms with Gasteiger partial charge >= 0.3 is 0 Å². The first-order valence-corrected chi connectivity index (χ1v) is 8.90. The van der Waals surface area contributed by atoms with Gasteiger partial charge in [-0.1, -0.05) is 54.9 Å². The van der Waals surface area contributed by atoms with Gasteiger partial charge in [0.1, 0.15) is 5.65 Å². The maximum atomic E-state index is 4.66. The fourth-order valence-corrected chi connectivity index (χ4v) is 3.67. The molecule has 3 heteroatoms. The maximum Gasteiger partial charge on any atom is 0.145 e. The summed E-state index contributed by atoms with van der Waals surface area (Å²) in [4.78, 5) is 4.66. The molecule has 2 aromatic heterocycles. The largest absolute Gasteiger partial charge is 0.294 e. The van der Waals surface area contributed by atoms with E-state index in [-0.39, 0.29) is 5.41 Å². The lowest BCUT2D eigenvalue weighted by Gasteiger charge is -2.21. The van der Waals surface area contributed by atoms with E-state index in [9.17, 15) is 0 Å². The average molecular weight is 379 g/mol. The van der Waals surface area contributed by atoms with Crippen molar-refractivity contribution in [1.82, 2.24) is 9.55 Å². The van der Waals surface area contributed by atoms with Gasteiger partial charge in [0.15, 0.2) is 0 Å². The summed E-state index contributed by atoms with van der Waals surface area (Å²) in [7, 11) is 0. The molecular weight excluding hydrogens is 360 g/mol. The summed E-state index contributed by atoms with van der Waals surface area (Å²) in [6.45, 7) is 6.72. The zero-order valence-corrected chi connectivity index (χ0v) is 15.6. The molecule has 0 aliphatic rings. The Balaban J connectivity index is 2.11. The normalized spacial score (nSPS) is 12.2. The summed E-state index contributed by atoms with van der Waals surface area (Å²) in [5.41, 5.74) is 4.71. The van der Waals surface area contributed by atoms with Crippen LogP contribution in [0.1, 0.15) is 26.3 Å². The van der Waals surface area contributed by atoms with E-state index in [1.165, 1.54) is 21.9 Å². The molecule has 0 bridgehead atoms. The molecule has 0 N–H and O–H groups in total. The van der Waals surface area contributed by atoms with Gasteiger partial charge in [0, 0.05) is 27.1 Å².